The Bertz CT molecular complexity index is 1480. The second kappa shape index (κ2) is 9.77. The maximum absolute atomic E-state index is 13.6. The molecular formula is C27H20BrClN6O3. The van der Waals surface area contributed by atoms with E-state index in [4.69, 9.17) is 11.6 Å². The van der Waals surface area contributed by atoms with E-state index in [2.05, 4.69) is 31.4 Å². The third-order valence-electron chi connectivity index (χ3n) is 6.77. The first-order chi connectivity index (χ1) is 18.4. The molecule has 1 fully saturated rings. The fourth-order valence-corrected chi connectivity index (χ4v) is 5.29. The lowest BCUT2D eigenvalue weighted by Crippen LogP contribution is -2.44. The van der Waals surface area contributed by atoms with Gasteiger partial charge in [0.1, 0.15) is 6.54 Å². The van der Waals surface area contributed by atoms with Gasteiger partial charge in [0, 0.05) is 15.9 Å². The van der Waals surface area contributed by atoms with Crippen molar-refractivity contribution in [1.82, 2.24) is 10.0 Å². The highest BCUT2D eigenvalue weighted by Crippen LogP contribution is 2.35. The zero-order chi connectivity index (χ0) is 26.4. The Morgan fingerprint density at radius 3 is 2.37 bits per heavy atom. The Balaban J connectivity index is 1.25. The minimum absolute atomic E-state index is 0.251. The molecule has 9 nitrogen and oxygen atoms in total. The number of imide groups is 1. The second-order valence-corrected chi connectivity index (χ2v) is 10.5. The lowest BCUT2D eigenvalue weighted by atomic mass is 9.98. The first-order valence-corrected chi connectivity index (χ1v) is 13.1. The molecule has 0 aromatic heterocycles. The average Bonchev–Trinajstić information content (AvgIpc) is 3.61. The lowest BCUT2D eigenvalue weighted by Gasteiger charge is -2.25. The summed E-state index contributed by atoms with van der Waals surface area (Å²) < 4.78 is 0.949. The van der Waals surface area contributed by atoms with Crippen LogP contribution in [-0.2, 0) is 14.4 Å². The van der Waals surface area contributed by atoms with Gasteiger partial charge in [-0.05, 0) is 47.5 Å². The summed E-state index contributed by atoms with van der Waals surface area (Å²) in [5.41, 5.74) is 3.04. The minimum atomic E-state index is -1.00. The molecule has 0 N–H and O–H groups in total. The van der Waals surface area contributed by atoms with E-state index in [0.717, 1.165) is 26.2 Å². The molecule has 3 heterocycles. The summed E-state index contributed by atoms with van der Waals surface area (Å²) >= 11 is 9.41. The summed E-state index contributed by atoms with van der Waals surface area (Å²) in [5, 5.41) is 16.0. The van der Waals surface area contributed by atoms with E-state index in [1.54, 1.807) is 24.3 Å². The van der Waals surface area contributed by atoms with E-state index >= 15 is 0 Å². The number of fused-ring (bicyclic) bond motifs is 1. The molecule has 0 spiro atoms. The van der Waals surface area contributed by atoms with Gasteiger partial charge in [-0.3, -0.25) is 19.4 Å². The van der Waals surface area contributed by atoms with E-state index in [1.807, 2.05) is 54.6 Å². The van der Waals surface area contributed by atoms with Crippen molar-refractivity contribution in [1.29, 1.82) is 0 Å². The minimum Gasteiger partial charge on any atom is -0.271 e. The van der Waals surface area contributed by atoms with Gasteiger partial charge in [0.15, 0.2) is 12.1 Å². The van der Waals surface area contributed by atoms with Gasteiger partial charge in [-0.15, -0.1) is 0 Å². The third kappa shape index (κ3) is 4.29. The predicted molar refractivity (Wildman–Crippen MR) is 144 cm³/mol. The van der Waals surface area contributed by atoms with Crippen LogP contribution in [0.1, 0.15) is 23.6 Å². The van der Waals surface area contributed by atoms with Crippen molar-refractivity contribution in [2.45, 2.75) is 24.5 Å². The molecule has 11 heteroatoms. The van der Waals surface area contributed by atoms with E-state index in [0.29, 0.717) is 17.1 Å². The number of anilines is 1. The number of carbonyl (C=O) groups is 3. The summed E-state index contributed by atoms with van der Waals surface area (Å²) in [6, 6.07) is 21.5. The van der Waals surface area contributed by atoms with Crippen LogP contribution in [0.25, 0.3) is 0 Å². The van der Waals surface area contributed by atoms with Crippen LogP contribution in [0.4, 0.5) is 5.69 Å². The Morgan fingerprint density at radius 2 is 1.66 bits per heavy atom. The highest BCUT2D eigenvalue weighted by molar-refractivity contribution is 9.10. The van der Waals surface area contributed by atoms with Crippen LogP contribution in [0, 0.1) is 0 Å². The van der Waals surface area contributed by atoms with Crippen molar-refractivity contribution in [2.24, 2.45) is 15.4 Å². The van der Waals surface area contributed by atoms with E-state index in [-0.39, 0.29) is 18.5 Å². The van der Waals surface area contributed by atoms with Crippen LogP contribution < -0.4 is 4.90 Å². The van der Waals surface area contributed by atoms with Crippen LogP contribution in [0.5, 0.6) is 0 Å². The van der Waals surface area contributed by atoms with Crippen molar-refractivity contribution < 1.29 is 14.4 Å². The summed E-state index contributed by atoms with van der Waals surface area (Å²) in [6.45, 7) is -0.251. The smallest absolute Gasteiger partial charge is 0.264 e. The molecule has 3 amide bonds. The van der Waals surface area contributed by atoms with E-state index < -0.39 is 23.9 Å². The average molecular weight is 592 g/mol. The molecule has 0 radical (unpaired) electrons. The molecular weight excluding hydrogens is 572 g/mol. The van der Waals surface area contributed by atoms with Crippen LogP contribution in [-0.4, -0.2) is 52.1 Å². The highest BCUT2D eigenvalue weighted by Gasteiger charge is 2.55. The number of hydrogen-bond acceptors (Lipinski definition) is 7. The maximum atomic E-state index is 13.6. The van der Waals surface area contributed by atoms with Gasteiger partial charge in [-0.25, -0.2) is 9.91 Å². The molecule has 6 rings (SSSR count). The number of halogens is 2. The Morgan fingerprint density at radius 1 is 0.947 bits per heavy atom. The van der Waals surface area contributed by atoms with Crippen LogP contribution >= 0.6 is 27.5 Å². The largest absolute Gasteiger partial charge is 0.271 e. The van der Waals surface area contributed by atoms with Crippen molar-refractivity contribution in [3.8, 4) is 0 Å². The first kappa shape index (κ1) is 24.4. The van der Waals surface area contributed by atoms with Crippen LogP contribution in [0.15, 0.2) is 98.8 Å². The van der Waals surface area contributed by atoms with Crippen molar-refractivity contribution in [3.63, 3.8) is 0 Å². The molecule has 38 heavy (non-hydrogen) atoms. The predicted octanol–water partition coefficient (Wildman–Crippen LogP) is 4.77. The molecule has 0 saturated carbocycles. The number of nitrogens with zero attached hydrogens (tertiary/aromatic N) is 6. The SMILES string of the molecule is O=C1[C@@H]2N=NN(CC(=O)N3N=C(c4ccc(Br)cc4)C[C@@H]3c3ccccc3)[C@H]2C(=O)N1c1ccc(Cl)cc1. The Kier molecular flexibility index (Phi) is 6.29. The number of carbonyl (C=O) groups excluding carboxylic acids is 3. The molecule has 0 aliphatic carbocycles. The molecule has 0 unspecified atom stereocenters. The van der Waals surface area contributed by atoms with Gasteiger partial charge >= 0.3 is 0 Å². The zero-order valence-corrected chi connectivity index (χ0v) is 22.2. The van der Waals surface area contributed by atoms with Crippen LogP contribution in [0.2, 0.25) is 5.02 Å². The Hall–Kier alpha value is -3.89. The zero-order valence-electron chi connectivity index (χ0n) is 19.8. The van der Waals surface area contributed by atoms with Crippen LogP contribution in [0.3, 0.4) is 0 Å². The second-order valence-electron chi connectivity index (χ2n) is 9.10. The monoisotopic (exact) mass is 590 g/mol. The number of hydrogen-bond donors (Lipinski definition) is 0. The molecule has 3 aromatic rings. The topological polar surface area (TPSA) is 98.0 Å². The molecule has 3 aromatic carbocycles. The van der Waals surface area contributed by atoms with Crippen molar-refractivity contribution in [2.75, 3.05) is 11.4 Å². The maximum Gasteiger partial charge on any atom is 0.264 e. The van der Waals surface area contributed by atoms with Gasteiger partial charge < -0.3 is 0 Å². The molecule has 0 bridgehead atoms. The fraction of sp³-hybridized carbons (Fsp3) is 0.185. The van der Waals surface area contributed by atoms with E-state index in [9.17, 15) is 14.4 Å². The third-order valence-corrected chi connectivity index (χ3v) is 7.55. The van der Waals surface area contributed by atoms with E-state index in [1.165, 1.54) is 10.0 Å². The number of hydrazone groups is 1. The van der Waals surface area contributed by atoms with Gasteiger partial charge in [0.25, 0.3) is 17.7 Å². The molecule has 3 aliphatic heterocycles. The molecule has 1 saturated heterocycles. The summed E-state index contributed by atoms with van der Waals surface area (Å²) in [6.07, 6.45) is 0.534. The molecule has 3 atom stereocenters. The highest BCUT2D eigenvalue weighted by atomic mass is 79.9. The standard InChI is InChI=1S/C27H20BrClN6O3/c28-18-8-6-16(7-9-18)21-14-22(17-4-2-1-3-5-17)35(31-21)23(36)15-33-25-24(30-32-33)26(37)34(27(25)38)20-12-10-19(29)11-13-20/h1-13,22,24-25H,14-15H2/t22-,24-,25-/m1/s1. The molecule has 190 valence electrons. The van der Waals surface area contributed by atoms with Crippen molar-refractivity contribution >= 4 is 56.7 Å². The normalized spacial score (nSPS) is 22.3. The van der Waals surface area contributed by atoms with Gasteiger partial charge in [-0.1, -0.05) is 75.2 Å². The first-order valence-electron chi connectivity index (χ1n) is 11.9. The van der Waals surface area contributed by atoms with Gasteiger partial charge in [0.2, 0.25) is 0 Å². The quantitative estimate of drug-likeness (QED) is 0.399. The molecule has 3 aliphatic rings. The summed E-state index contributed by atoms with van der Waals surface area (Å²) in [4.78, 5) is 41.0. The van der Waals surface area contributed by atoms with Gasteiger partial charge in [-0.2, -0.15) is 10.2 Å². The summed E-state index contributed by atoms with van der Waals surface area (Å²) in [5.74, 6) is -1.32. The number of rotatable bonds is 5. The number of amides is 3. The Labute approximate surface area is 231 Å². The number of benzene rings is 3. The lowest BCUT2D eigenvalue weighted by molar-refractivity contribution is -0.135. The van der Waals surface area contributed by atoms with Gasteiger partial charge in [0.05, 0.1) is 17.4 Å². The fourth-order valence-electron chi connectivity index (χ4n) is 4.90. The summed E-state index contributed by atoms with van der Waals surface area (Å²) in [7, 11) is 0. The van der Waals surface area contributed by atoms with Crippen molar-refractivity contribution in [3.05, 3.63) is 99.5 Å².